The zero-order chi connectivity index (χ0) is 17.5. The quantitative estimate of drug-likeness (QED) is 0.903. The van der Waals surface area contributed by atoms with Crippen LogP contribution in [0.5, 0.6) is 5.75 Å². The number of nitrogens with zero attached hydrogens (tertiary/aromatic N) is 1. The van der Waals surface area contributed by atoms with E-state index in [4.69, 9.17) is 16.3 Å². The van der Waals surface area contributed by atoms with Crippen LogP contribution in [-0.2, 0) is 10.0 Å². The lowest BCUT2D eigenvalue weighted by Gasteiger charge is -2.33. The molecule has 3 rings (SSSR count). The van der Waals surface area contributed by atoms with Gasteiger partial charge in [0.05, 0.1) is 18.9 Å². The Hall–Kier alpha value is -1.76. The Labute approximate surface area is 146 Å². The van der Waals surface area contributed by atoms with Crippen LogP contribution in [-0.4, -0.2) is 27.2 Å². The minimum atomic E-state index is -3.86. The van der Waals surface area contributed by atoms with E-state index < -0.39 is 16.1 Å². The lowest BCUT2D eigenvalue weighted by atomic mass is 9.99. The van der Waals surface area contributed by atoms with Gasteiger partial charge < -0.3 is 9.84 Å². The van der Waals surface area contributed by atoms with E-state index in [1.54, 1.807) is 12.1 Å². The molecule has 2 aromatic rings. The highest BCUT2D eigenvalue weighted by Crippen LogP contribution is 2.39. The van der Waals surface area contributed by atoms with Crippen LogP contribution in [0.25, 0.3) is 0 Å². The van der Waals surface area contributed by atoms with Crippen molar-refractivity contribution in [1.29, 1.82) is 0 Å². The number of hydrogen-bond acceptors (Lipinski definition) is 4. The maximum atomic E-state index is 13.2. The fraction of sp³-hybridized carbons (Fsp3) is 0.294. The fourth-order valence-electron chi connectivity index (χ4n) is 2.90. The summed E-state index contributed by atoms with van der Waals surface area (Å²) in [5.74, 6) is 0.235. The van der Waals surface area contributed by atoms with E-state index in [1.807, 2.05) is 19.1 Å². The zero-order valence-corrected chi connectivity index (χ0v) is 14.9. The Morgan fingerprint density at radius 3 is 2.71 bits per heavy atom. The van der Waals surface area contributed by atoms with E-state index in [0.717, 1.165) is 5.56 Å². The number of aryl methyl sites for hydroxylation is 1. The molecule has 1 aliphatic rings. The van der Waals surface area contributed by atoms with Gasteiger partial charge >= 0.3 is 0 Å². The molecule has 1 aliphatic heterocycles. The Morgan fingerprint density at radius 1 is 1.25 bits per heavy atom. The number of anilines is 1. The van der Waals surface area contributed by atoms with E-state index in [9.17, 15) is 13.5 Å². The summed E-state index contributed by atoms with van der Waals surface area (Å²) in [6.45, 7) is 2.09. The molecule has 1 N–H and O–H groups in total. The number of fused-ring (bicyclic) bond motifs is 1. The van der Waals surface area contributed by atoms with Gasteiger partial charge in [0.25, 0.3) is 10.0 Å². The van der Waals surface area contributed by atoms with E-state index >= 15 is 0 Å². The van der Waals surface area contributed by atoms with Crippen molar-refractivity contribution in [3.8, 4) is 5.75 Å². The Kier molecular flexibility index (Phi) is 4.46. The maximum Gasteiger partial charge on any atom is 0.268 e. The second-order valence-corrected chi connectivity index (χ2v) is 8.01. The Balaban J connectivity index is 2.16. The highest BCUT2D eigenvalue weighted by Gasteiger charge is 2.34. The van der Waals surface area contributed by atoms with E-state index in [0.29, 0.717) is 22.7 Å². The molecule has 0 aromatic heterocycles. The van der Waals surface area contributed by atoms with Crippen LogP contribution in [0.1, 0.15) is 23.7 Å². The third kappa shape index (κ3) is 2.85. The monoisotopic (exact) mass is 367 g/mol. The predicted octanol–water partition coefficient (Wildman–Crippen LogP) is 3.29. The summed E-state index contributed by atoms with van der Waals surface area (Å²) in [7, 11) is -2.45. The number of methoxy groups -OCH3 is 1. The van der Waals surface area contributed by atoms with E-state index in [2.05, 4.69) is 0 Å². The number of rotatable bonds is 3. The lowest BCUT2D eigenvalue weighted by Crippen LogP contribution is -2.37. The van der Waals surface area contributed by atoms with Crippen molar-refractivity contribution in [2.45, 2.75) is 24.3 Å². The topological polar surface area (TPSA) is 66.8 Å². The summed E-state index contributed by atoms with van der Waals surface area (Å²) in [6.07, 6.45) is -0.342. The minimum Gasteiger partial charge on any atom is -0.495 e. The Bertz CT molecular complexity index is 882. The van der Waals surface area contributed by atoms with Crippen molar-refractivity contribution in [2.75, 3.05) is 18.0 Å². The minimum absolute atomic E-state index is 0.0143. The molecule has 1 unspecified atom stereocenters. The predicted molar refractivity (Wildman–Crippen MR) is 93.3 cm³/mol. The molecule has 7 heteroatoms. The molecule has 0 fully saturated rings. The molecule has 1 heterocycles. The van der Waals surface area contributed by atoms with Gasteiger partial charge in [-0.3, -0.25) is 4.31 Å². The molecule has 0 amide bonds. The molecule has 0 saturated heterocycles. The van der Waals surface area contributed by atoms with Crippen molar-refractivity contribution >= 4 is 27.3 Å². The highest BCUT2D eigenvalue weighted by atomic mass is 35.5. The van der Waals surface area contributed by atoms with Gasteiger partial charge in [0.1, 0.15) is 10.6 Å². The molecular formula is C17H18ClNO4S. The van der Waals surface area contributed by atoms with Crippen LogP contribution in [0.2, 0.25) is 5.02 Å². The molecule has 1 atom stereocenters. The summed E-state index contributed by atoms with van der Waals surface area (Å²) in [6, 6.07) is 9.86. The molecule has 0 spiro atoms. The van der Waals surface area contributed by atoms with Gasteiger partial charge in [-0.05, 0) is 37.6 Å². The molecule has 128 valence electrons. The van der Waals surface area contributed by atoms with Crippen LogP contribution in [0.15, 0.2) is 41.3 Å². The van der Waals surface area contributed by atoms with Crippen LogP contribution in [0, 0.1) is 6.92 Å². The van der Waals surface area contributed by atoms with E-state index in [-0.39, 0.29) is 17.2 Å². The van der Waals surface area contributed by atoms with Crippen molar-refractivity contribution in [2.24, 2.45) is 0 Å². The summed E-state index contributed by atoms with van der Waals surface area (Å²) >= 11 is 5.98. The SMILES string of the molecule is COc1ccc(Cl)cc1S(=O)(=O)N1CCC(O)c2cc(C)ccc21. The van der Waals surface area contributed by atoms with Gasteiger partial charge in [-0.25, -0.2) is 8.42 Å². The second kappa shape index (κ2) is 6.27. The summed E-state index contributed by atoms with van der Waals surface area (Å²) in [4.78, 5) is 0.0143. The molecule has 24 heavy (non-hydrogen) atoms. The van der Waals surface area contributed by atoms with Crippen molar-refractivity contribution in [1.82, 2.24) is 0 Å². The Morgan fingerprint density at radius 2 is 2.00 bits per heavy atom. The first kappa shape index (κ1) is 17.1. The van der Waals surface area contributed by atoms with Gasteiger partial charge in [0, 0.05) is 17.1 Å². The standard InChI is InChI=1S/C17H18ClNO4S/c1-11-3-5-14-13(9-11)15(20)7-8-19(14)24(21,22)17-10-12(18)4-6-16(17)23-2/h3-6,9-10,15,20H,7-8H2,1-2H3. The van der Waals surface area contributed by atoms with Gasteiger partial charge in [0.15, 0.2) is 0 Å². The summed E-state index contributed by atoms with van der Waals surface area (Å²) < 4.78 is 32.9. The van der Waals surface area contributed by atoms with Gasteiger partial charge in [-0.2, -0.15) is 0 Å². The first-order valence-electron chi connectivity index (χ1n) is 7.49. The first-order chi connectivity index (χ1) is 11.3. The maximum absolute atomic E-state index is 13.2. The summed E-state index contributed by atoms with van der Waals surface area (Å²) in [5.41, 5.74) is 2.07. The summed E-state index contributed by atoms with van der Waals surface area (Å²) in [5, 5.41) is 10.5. The largest absolute Gasteiger partial charge is 0.495 e. The average molecular weight is 368 g/mol. The van der Waals surface area contributed by atoms with E-state index in [1.165, 1.54) is 23.5 Å². The number of halogens is 1. The van der Waals surface area contributed by atoms with Gasteiger partial charge in [-0.15, -0.1) is 0 Å². The second-order valence-electron chi connectivity index (χ2n) is 5.74. The third-order valence-electron chi connectivity index (χ3n) is 4.11. The lowest BCUT2D eigenvalue weighted by molar-refractivity contribution is 0.166. The molecular weight excluding hydrogens is 350 g/mol. The normalized spacial score (nSPS) is 17.5. The van der Waals surface area contributed by atoms with Crippen LogP contribution in [0.3, 0.4) is 0 Å². The number of aliphatic hydroxyl groups is 1. The van der Waals surface area contributed by atoms with Crippen molar-refractivity contribution in [3.63, 3.8) is 0 Å². The molecule has 2 aromatic carbocycles. The fourth-order valence-corrected chi connectivity index (χ4v) is 4.83. The number of ether oxygens (including phenoxy) is 1. The average Bonchev–Trinajstić information content (AvgIpc) is 2.55. The molecule has 5 nitrogen and oxygen atoms in total. The van der Waals surface area contributed by atoms with Crippen molar-refractivity contribution in [3.05, 3.63) is 52.5 Å². The van der Waals surface area contributed by atoms with Crippen LogP contribution >= 0.6 is 11.6 Å². The number of aliphatic hydroxyl groups excluding tert-OH is 1. The molecule has 0 radical (unpaired) electrons. The first-order valence-corrected chi connectivity index (χ1v) is 9.31. The van der Waals surface area contributed by atoms with Gasteiger partial charge in [-0.1, -0.05) is 29.3 Å². The number of hydrogen-bond donors (Lipinski definition) is 1. The van der Waals surface area contributed by atoms with Crippen LogP contribution in [0.4, 0.5) is 5.69 Å². The van der Waals surface area contributed by atoms with Crippen LogP contribution < -0.4 is 9.04 Å². The zero-order valence-electron chi connectivity index (χ0n) is 13.4. The third-order valence-corrected chi connectivity index (χ3v) is 6.18. The smallest absolute Gasteiger partial charge is 0.268 e. The molecule has 0 bridgehead atoms. The molecule has 0 aliphatic carbocycles. The number of sulfonamides is 1. The highest BCUT2D eigenvalue weighted by molar-refractivity contribution is 7.93. The van der Waals surface area contributed by atoms with Crippen molar-refractivity contribution < 1.29 is 18.3 Å². The number of benzene rings is 2. The van der Waals surface area contributed by atoms with Gasteiger partial charge in [0.2, 0.25) is 0 Å². The molecule has 0 saturated carbocycles.